The molecule has 2 aliphatic rings. The summed E-state index contributed by atoms with van der Waals surface area (Å²) in [4.78, 5) is 44.6. The molecule has 37 heavy (non-hydrogen) atoms. The van der Waals surface area contributed by atoms with Gasteiger partial charge in [-0.3, -0.25) is 19.9 Å². The first-order valence-electron chi connectivity index (χ1n) is 12.0. The number of carbonyl (C=O) groups excluding carboxylic acids is 3. The fourth-order valence-corrected chi connectivity index (χ4v) is 5.14. The molecule has 8 heteroatoms. The minimum absolute atomic E-state index is 0.0145. The minimum Gasteiger partial charge on any atom is -0.489 e. The van der Waals surface area contributed by atoms with Crippen LogP contribution in [0.1, 0.15) is 32.7 Å². The molecule has 3 aromatic carbocycles. The summed E-state index contributed by atoms with van der Waals surface area (Å²) in [6, 6.07) is 23.8. The van der Waals surface area contributed by atoms with Crippen molar-refractivity contribution >= 4 is 28.7 Å². The number of urea groups is 1. The van der Waals surface area contributed by atoms with Gasteiger partial charge in [0.15, 0.2) is 5.54 Å². The summed E-state index contributed by atoms with van der Waals surface area (Å²) in [7, 11) is 0. The summed E-state index contributed by atoms with van der Waals surface area (Å²) >= 11 is 0. The number of benzene rings is 3. The van der Waals surface area contributed by atoms with Gasteiger partial charge in [-0.2, -0.15) is 0 Å². The van der Waals surface area contributed by atoms with Gasteiger partial charge in [0.25, 0.3) is 11.8 Å². The van der Waals surface area contributed by atoms with E-state index in [-0.39, 0.29) is 12.5 Å². The molecule has 0 aliphatic carbocycles. The lowest BCUT2D eigenvalue weighted by molar-refractivity contribution is -0.124. The van der Waals surface area contributed by atoms with Crippen molar-refractivity contribution in [1.82, 2.24) is 20.5 Å². The first kappa shape index (κ1) is 22.7. The number of carbonyl (C=O) groups is 3. The van der Waals surface area contributed by atoms with Crippen LogP contribution in [-0.4, -0.2) is 34.3 Å². The van der Waals surface area contributed by atoms with Crippen molar-refractivity contribution in [3.8, 4) is 5.75 Å². The Hall–Kier alpha value is -4.72. The summed E-state index contributed by atoms with van der Waals surface area (Å²) in [5.41, 5.74) is 3.48. The van der Waals surface area contributed by atoms with E-state index in [1.807, 2.05) is 55.5 Å². The lowest BCUT2D eigenvalue weighted by Crippen LogP contribution is -2.52. The molecule has 0 bridgehead atoms. The molecule has 184 valence electrons. The van der Waals surface area contributed by atoms with E-state index in [4.69, 9.17) is 4.74 Å². The Morgan fingerprint density at radius 3 is 2.54 bits per heavy atom. The van der Waals surface area contributed by atoms with Crippen molar-refractivity contribution in [1.29, 1.82) is 0 Å². The second kappa shape index (κ2) is 8.74. The van der Waals surface area contributed by atoms with Crippen molar-refractivity contribution < 1.29 is 19.1 Å². The average Bonchev–Trinajstić information content (AvgIpc) is 3.37. The molecule has 0 spiro atoms. The van der Waals surface area contributed by atoms with Gasteiger partial charge >= 0.3 is 6.03 Å². The minimum atomic E-state index is -1.35. The van der Waals surface area contributed by atoms with Gasteiger partial charge in [-0.1, -0.05) is 54.6 Å². The molecular weight excluding hydrogens is 468 g/mol. The summed E-state index contributed by atoms with van der Waals surface area (Å²) in [6.45, 7) is 2.64. The van der Waals surface area contributed by atoms with E-state index < -0.39 is 17.5 Å². The zero-order valence-corrected chi connectivity index (χ0v) is 20.2. The number of amides is 4. The van der Waals surface area contributed by atoms with E-state index in [2.05, 4.69) is 15.6 Å². The Bertz CT molecular complexity index is 1570. The Morgan fingerprint density at radius 2 is 1.76 bits per heavy atom. The third-order valence-corrected chi connectivity index (χ3v) is 6.92. The molecule has 6 rings (SSSR count). The number of fused-ring (bicyclic) bond motifs is 2. The number of pyridine rings is 1. The highest BCUT2D eigenvalue weighted by Crippen LogP contribution is 2.33. The first-order chi connectivity index (χ1) is 17.9. The molecule has 1 atom stereocenters. The van der Waals surface area contributed by atoms with Crippen LogP contribution in [0.15, 0.2) is 78.9 Å². The monoisotopic (exact) mass is 492 g/mol. The van der Waals surface area contributed by atoms with Crippen molar-refractivity contribution in [2.45, 2.75) is 25.6 Å². The second-order valence-electron chi connectivity index (χ2n) is 9.39. The molecule has 0 unspecified atom stereocenters. The molecule has 4 aromatic rings. The molecule has 2 N–H and O–H groups in total. The lowest BCUT2D eigenvalue weighted by Gasteiger charge is -2.31. The molecular formula is C29H24N4O4. The van der Waals surface area contributed by atoms with E-state index in [1.165, 1.54) is 0 Å². The maximum absolute atomic E-state index is 13.4. The van der Waals surface area contributed by atoms with Crippen molar-refractivity contribution in [3.05, 3.63) is 107 Å². The third kappa shape index (κ3) is 3.96. The first-order valence-corrected chi connectivity index (χ1v) is 12.0. The van der Waals surface area contributed by atoms with Crippen LogP contribution in [0.5, 0.6) is 5.75 Å². The van der Waals surface area contributed by atoms with Gasteiger partial charge in [-0.25, -0.2) is 4.79 Å². The molecule has 1 aromatic heterocycles. The fourth-order valence-electron chi connectivity index (χ4n) is 5.14. The van der Waals surface area contributed by atoms with E-state index in [0.717, 1.165) is 27.7 Å². The molecule has 4 amide bonds. The van der Waals surface area contributed by atoms with Crippen molar-refractivity contribution in [2.75, 3.05) is 6.54 Å². The Balaban J connectivity index is 1.23. The number of nitrogens with zero attached hydrogens (tertiary/aromatic N) is 2. The summed E-state index contributed by atoms with van der Waals surface area (Å²) < 4.78 is 6.10. The Kier molecular flexibility index (Phi) is 5.37. The van der Waals surface area contributed by atoms with Crippen LogP contribution in [0.4, 0.5) is 4.79 Å². The predicted octanol–water partition coefficient (Wildman–Crippen LogP) is 3.81. The van der Waals surface area contributed by atoms with E-state index >= 15 is 0 Å². The Morgan fingerprint density at radius 1 is 0.973 bits per heavy atom. The molecule has 0 saturated carbocycles. The van der Waals surface area contributed by atoms with Gasteiger partial charge < -0.3 is 15.0 Å². The zero-order valence-electron chi connectivity index (χ0n) is 20.2. The van der Waals surface area contributed by atoms with Crippen molar-refractivity contribution in [3.63, 3.8) is 0 Å². The normalized spacial score (nSPS) is 18.6. The number of hydrogen-bond acceptors (Lipinski definition) is 5. The highest BCUT2D eigenvalue weighted by Gasteiger charge is 2.50. The average molecular weight is 493 g/mol. The predicted molar refractivity (Wildman–Crippen MR) is 137 cm³/mol. The van der Waals surface area contributed by atoms with Gasteiger partial charge in [0.2, 0.25) is 0 Å². The van der Waals surface area contributed by atoms with Crippen LogP contribution in [0, 0.1) is 6.92 Å². The molecule has 3 heterocycles. The zero-order chi connectivity index (χ0) is 25.6. The van der Waals surface area contributed by atoms with Crippen LogP contribution < -0.4 is 15.4 Å². The van der Waals surface area contributed by atoms with Crippen molar-refractivity contribution in [2.24, 2.45) is 0 Å². The van der Waals surface area contributed by atoms with E-state index in [0.29, 0.717) is 30.0 Å². The smallest absolute Gasteiger partial charge is 0.322 e. The number of aryl methyl sites for hydroxylation is 1. The quantitative estimate of drug-likeness (QED) is 0.399. The number of hydrogen-bond donors (Lipinski definition) is 2. The van der Waals surface area contributed by atoms with Crippen LogP contribution in [-0.2, 0) is 23.5 Å². The van der Waals surface area contributed by atoms with Crippen LogP contribution in [0.25, 0.3) is 10.9 Å². The standard InChI is InChI=1S/C29H24N4O4/c1-18-13-20(23-9-5-6-10-25(23)30-18)16-37-22-12-11-19-15-33(26(34)24(19)14-22)17-29(21-7-3-2-4-8-21)27(35)31-28(36)32-29/h2-14H,15-17H2,1H3,(H2,31,32,35,36)/t29-/m0/s1. The van der Waals surface area contributed by atoms with E-state index in [1.54, 1.807) is 35.2 Å². The van der Waals surface area contributed by atoms with Gasteiger partial charge in [-0.05, 0) is 42.3 Å². The van der Waals surface area contributed by atoms with Crippen LogP contribution in [0.2, 0.25) is 0 Å². The number of aromatic nitrogens is 1. The highest BCUT2D eigenvalue weighted by molar-refractivity contribution is 6.08. The summed E-state index contributed by atoms with van der Waals surface area (Å²) in [5, 5.41) is 6.10. The van der Waals surface area contributed by atoms with Gasteiger partial charge in [-0.15, -0.1) is 0 Å². The summed E-state index contributed by atoms with van der Waals surface area (Å²) in [5.74, 6) is -0.108. The fraction of sp³-hybridized carbons (Fsp3) is 0.172. The number of nitrogens with one attached hydrogen (secondary N) is 2. The Labute approximate surface area is 213 Å². The highest BCUT2D eigenvalue weighted by atomic mass is 16.5. The largest absolute Gasteiger partial charge is 0.489 e. The van der Waals surface area contributed by atoms with Gasteiger partial charge in [0, 0.05) is 28.8 Å². The number of imide groups is 1. The maximum Gasteiger partial charge on any atom is 0.322 e. The van der Waals surface area contributed by atoms with Gasteiger partial charge in [0.1, 0.15) is 12.4 Å². The molecule has 1 fully saturated rings. The molecule has 2 aliphatic heterocycles. The van der Waals surface area contributed by atoms with Crippen LogP contribution >= 0.6 is 0 Å². The van der Waals surface area contributed by atoms with Crippen LogP contribution in [0.3, 0.4) is 0 Å². The third-order valence-electron chi connectivity index (χ3n) is 6.92. The number of ether oxygens (including phenoxy) is 1. The summed E-state index contributed by atoms with van der Waals surface area (Å²) in [6.07, 6.45) is 0. The second-order valence-corrected chi connectivity index (χ2v) is 9.39. The van der Waals surface area contributed by atoms with E-state index in [9.17, 15) is 14.4 Å². The molecule has 1 saturated heterocycles. The number of para-hydroxylation sites is 1. The molecule has 8 nitrogen and oxygen atoms in total. The lowest BCUT2D eigenvalue weighted by atomic mass is 9.89. The number of rotatable bonds is 6. The maximum atomic E-state index is 13.4. The van der Waals surface area contributed by atoms with Gasteiger partial charge in [0.05, 0.1) is 12.1 Å². The molecule has 0 radical (unpaired) electrons. The SMILES string of the molecule is Cc1cc(COc2ccc3c(c2)C(=O)N(C[C@@]2(c4ccccc4)NC(=O)NC2=O)C3)c2ccccc2n1. The topological polar surface area (TPSA) is 101 Å².